The van der Waals surface area contributed by atoms with Crippen molar-refractivity contribution in [3.63, 3.8) is 0 Å². The molecule has 0 unspecified atom stereocenters. The number of imidazole rings is 1. The maximum absolute atomic E-state index is 10.2. The van der Waals surface area contributed by atoms with Crippen LogP contribution < -0.4 is 0 Å². The molecule has 0 aliphatic heterocycles. The van der Waals surface area contributed by atoms with Gasteiger partial charge in [-0.25, -0.2) is 9.78 Å². The molecule has 0 atom stereocenters. The number of aryl methyl sites for hydroxylation is 1. The molecule has 0 aliphatic carbocycles. The fourth-order valence-corrected chi connectivity index (χ4v) is 1.48. The van der Waals surface area contributed by atoms with Crippen molar-refractivity contribution in [3.8, 4) is 6.07 Å². The van der Waals surface area contributed by atoms with Gasteiger partial charge in [-0.15, -0.1) is 0 Å². The summed E-state index contributed by atoms with van der Waals surface area (Å²) in [5, 5.41) is 8.90. The second-order valence-corrected chi connectivity index (χ2v) is 3.01. The van der Waals surface area contributed by atoms with Gasteiger partial charge in [0.05, 0.1) is 28.6 Å². The van der Waals surface area contributed by atoms with Crippen LogP contribution in [0.4, 0.5) is 5.69 Å². The first kappa shape index (κ1) is 9.13. The maximum Gasteiger partial charge on any atom is 0.240 e. The van der Waals surface area contributed by atoms with Gasteiger partial charge >= 0.3 is 0 Å². The van der Waals surface area contributed by atoms with Gasteiger partial charge in [-0.2, -0.15) is 10.3 Å². The highest BCUT2D eigenvalue weighted by Gasteiger charge is 2.10. The molecule has 5 nitrogen and oxygen atoms in total. The molecule has 1 heterocycles. The van der Waals surface area contributed by atoms with E-state index in [0.29, 0.717) is 22.3 Å². The molecule has 0 bridgehead atoms. The van der Waals surface area contributed by atoms with Crippen LogP contribution >= 0.6 is 0 Å². The first-order chi connectivity index (χ1) is 7.27. The number of benzene rings is 1. The number of hydrogen-bond acceptors (Lipinski definition) is 4. The number of hydrogen-bond donors (Lipinski definition) is 1. The van der Waals surface area contributed by atoms with Crippen LogP contribution in [0.1, 0.15) is 11.1 Å². The largest absolute Gasteiger partial charge is 0.343 e. The summed E-state index contributed by atoms with van der Waals surface area (Å²) in [5.41, 5.74) is 2.93. The quantitative estimate of drug-likeness (QED) is 0.559. The minimum absolute atomic E-state index is 0.419. The summed E-state index contributed by atoms with van der Waals surface area (Å²) >= 11 is 0. The molecule has 72 valence electrons. The molecule has 2 aromatic rings. The Bertz CT molecular complexity index is 614. The van der Waals surface area contributed by atoms with Crippen molar-refractivity contribution in [2.45, 2.75) is 6.92 Å². The van der Waals surface area contributed by atoms with Crippen molar-refractivity contribution in [1.29, 1.82) is 5.26 Å². The first-order valence-corrected chi connectivity index (χ1v) is 4.22. The molecule has 0 saturated carbocycles. The minimum Gasteiger partial charge on any atom is -0.343 e. The Balaban J connectivity index is 2.92. The number of nitrogens with one attached hydrogen (secondary N) is 1. The van der Waals surface area contributed by atoms with E-state index in [2.05, 4.69) is 15.0 Å². The predicted octanol–water partition coefficient (Wildman–Crippen LogP) is 1.71. The highest BCUT2D eigenvalue weighted by Crippen LogP contribution is 2.27. The van der Waals surface area contributed by atoms with Crippen LogP contribution in [0.25, 0.3) is 11.0 Å². The van der Waals surface area contributed by atoms with Crippen molar-refractivity contribution in [3.05, 3.63) is 23.5 Å². The first-order valence-electron chi connectivity index (χ1n) is 4.22. The summed E-state index contributed by atoms with van der Waals surface area (Å²) in [7, 11) is 0. The van der Waals surface area contributed by atoms with Crippen LogP contribution in [0.3, 0.4) is 0 Å². The van der Waals surface area contributed by atoms with Gasteiger partial charge in [-0.1, -0.05) is 0 Å². The Morgan fingerprint density at radius 3 is 3.07 bits per heavy atom. The summed E-state index contributed by atoms with van der Waals surface area (Å²) in [5.74, 6) is 0. The summed E-state index contributed by atoms with van der Waals surface area (Å²) < 4.78 is 0. The van der Waals surface area contributed by atoms with E-state index in [-0.39, 0.29) is 0 Å². The van der Waals surface area contributed by atoms with Gasteiger partial charge in [0.25, 0.3) is 0 Å². The van der Waals surface area contributed by atoms with Gasteiger partial charge < -0.3 is 4.98 Å². The number of nitriles is 1. The number of isocyanates is 1. The number of fused-ring (bicyclic) bond motifs is 1. The van der Waals surface area contributed by atoms with E-state index >= 15 is 0 Å². The average Bonchev–Trinajstić information content (AvgIpc) is 2.71. The summed E-state index contributed by atoms with van der Waals surface area (Å²) in [6.45, 7) is 1.79. The highest BCUT2D eigenvalue weighted by molar-refractivity contribution is 5.88. The van der Waals surface area contributed by atoms with Crippen LogP contribution in [-0.2, 0) is 4.79 Å². The molecular formula is C10H6N4O. The van der Waals surface area contributed by atoms with E-state index in [9.17, 15) is 4.79 Å². The molecule has 5 heteroatoms. The van der Waals surface area contributed by atoms with Crippen LogP contribution in [0, 0.1) is 18.3 Å². The number of aromatic amines is 1. The number of H-pyrrole nitrogens is 1. The molecule has 1 N–H and O–H groups in total. The smallest absolute Gasteiger partial charge is 0.240 e. The van der Waals surface area contributed by atoms with E-state index < -0.39 is 0 Å². The van der Waals surface area contributed by atoms with Crippen LogP contribution in [-0.4, -0.2) is 16.0 Å². The fraction of sp³-hybridized carbons (Fsp3) is 0.100. The lowest BCUT2D eigenvalue weighted by molar-refractivity contribution is 0.565. The minimum atomic E-state index is 0.419. The zero-order chi connectivity index (χ0) is 10.8. The zero-order valence-electron chi connectivity index (χ0n) is 7.90. The number of nitrogens with zero attached hydrogens (tertiary/aromatic N) is 3. The molecule has 2 rings (SSSR count). The molecule has 1 aromatic heterocycles. The number of rotatable bonds is 1. The zero-order valence-corrected chi connectivity index (χ0v) is 7.90. The van der Waals surface area contributed by atoms with Gasteiger partial charge in [0, 0.05) is 5.56 Å². The lowest BCUT2D eigenvalue weighted by atomic mass is 10.1. The third kappa shape index (κ3) is 1.30. The Labute approximate surface area is 85.1 Å². The molecular weight excluding hydrogens is 192 g/mol. The predicted molar refractivity (Wildman–Crippen MR) is 53.3 cm³/mol. The summed E-state index contributed by atoms with van der Waals surface area (Å²) in [6.07, 6.45) is 2.97. The number of aromatic nitrogens is 2. The lowest BCUT2D eigenvalue weighted by Crippen LogP contribution is -1.84. The van der Waals surface area contributed by atoms with Crippen molar-refractivity contribution < 1.29 is 4.79 Å². The average molecular weight is 198 g/mol. The standard InChI is InChI=1S/C10H6N4O/c1-6-8(14-5-15)2-7(3-11)10-9(6)12-4-13-10/h2,4H,1H3,(H,12,13). The molecule has 0 saturated heterocycles. The van der Waals surface area contributed by atoms with Gasteiger partial charge in [0.2, 0.25) is 6.08 Å². The SMILES string of the molecule is Cc1c(N=C=O)cc(C#N)c2[nH]cnc12. The van der Waals surface area contributed by atoms with E-state index in [4.69, 9.17) is 5.26 Å². The number of aliphatic imine (C=N–C) groups is 1. The summed E-state index contributed by atoms with van der Waals surface area (Å²) in [6, 6.07) is 3.56. The molecule has 15 heavy (non-hydrogen) atoms. The Morgan fingerprint density at radius 2 is 2.40 bits per heavy atom. The van der Waals surface area contributed by atoms with E-state index in [1.165, 1.54) is 12.4 Å². The van der Waals surface area contributed by atoms with Crippen molar-refractivity contribution >= 4 is 22.8 Å². The fourth-order valence-electron chi connectivity index (χ4n) is 1.48. The van der Waals surface area contributed by atoms with Crippen LogP contribution in [0.5, 0.6) is 0 Å². The summed E-state index contributed by atoms with van der Waals surface area (Å²) in [4.78, 5) is 20.7. The third-order valence-electron chi connectivity index (χ3n) is 2.22. The molecule has 0 radical (unpaired) electrons. The molecule has 0 amide bonds. The molecule has 0 fully saturated rings. The third-order valence-corrected chi connectivity index (χ3v) is 2.22. The topological polar surface area (TPSA) is 81.9 Å². The van der Waals surface area contributed by atoms with Gasteiger partial charge in [0.15, 0.2) is 0 Å². The highest BCUT2D eigenvalue weighted by atomic mass is 16.1. The molecule has 1 aromatic carbocycles. The normalized spacial score (nSPS) is 9.60. The monoisotopic (exact) mass is 198 g/mol. The van der Waals surface area contributed by atoms with Crippen LogP contribution in [0.2, 0.25) is 0 Å². The van der Waals surface area contributed by atoms with Crippen LogP contribution in [0.15, 0.2) is 17.4 Å². The van der Waals surface area contributed by atoms with Crippen molar-refractivity contribution in [1.82, 2.24) is 9.97 Å². The van der Waals surface area contributed by atoms with Gasteiger partial charge in [-0.3, -0.25) is 0 Å². The Kier molecular flexibility index (Phi) is 2.05. The molecule has 0 spiro atoms. The Morgan fingerprint density at radius 1 is 1.60 bits per heavy atom. The van der Waals surface area contributed by atoms with Gasteiger partial charge in [-0.05, 0) is 13.0 Å². The van der Waals surface area contributed by atoms with Crippen molar-refractivity contribution in [2.75, 3.05) is 0 Å². The second-order valence-electron chi connectivity index (χ2n) is 3.01. The van der Waals surface area contributed by atoms with E-state index in [1.54, 1.807) is 13.0 Å². The second kappa shape index (κ2) is 3.37. The Hall–Kier alpha value is -2.44. The van der Waals surface area contributed by atoms with E-state index in [0.717, 1.165) is 5.56 Å². The van der Waals surface area contributed by atoms with E-state index in [1.807, 2.05) is 6.07 Å². The lowest BCUT2D eigenvalue weighted by Gasteiger charge is -2.00. The molecule has 0 aliphatic rings. The van der Waals surface area contributed by atoms with Crippen molar-refractivity contribution in [2.24, 2.45) is 4.99 Å². The number of carbonyl (C=O) groups excluding carboxylic acids is 1. The van der Waals surface area contributed by atoms with Gasteiger partial charge in [0.1, 0.15) is 6.07 Å². The maximum atomic E-state index is 10.2.